The van der Waals surface area contributed by atoms with Crippen molar-refractivity contribution < 1.29 is 4.79 Å². The number of hydrogen-bond donors (Lipinski definition) is 1. The summed E-state index contributed by atoms with van der Waals surface area (Å²) in [5.74, 6) is 1.78. The zero-order valence-electron chi connectivity index (χ0n) is 14.7. The summed E-state index contributed by atoms with van der Waals surface area (Å²) < 4.78 is 1.82. The maximum atomic E-state index is 13.0. The largest absolute Gasteiger partial charge is 0.358 e. The average Bonchev–Trinajstić information content (AvgIpc) is 3.15. The minimum atomic E-state index is -0.200. The number of thioether (sulfide) groups is 2. The normalized spacial score (nSPS) is 12.8. The first-order valence-electron chi connectivity index (χ1n) is 8.20. The van der Waals surface area contributed by atoms with E-state index in [0.29, 0.717) is 5.92 Å². The summed E-state index contributed by atoms with van der Waals surface area (Å²) in [6.45, 7) is 8.27. The standard InChI is InChI=1S/C18H21N3OS3/c1-10(2)9-23-17-20-21-18(25-17)24-12(4)16(22)15-11(3)19-14-8-6-5-7-13(14)15/h5-8,10,12,19H,9H2,1-4H3/t12-/m1/s1. The minimum Gasteiger partial charge on any atom is -0.358 e. The van der Waals surface area contributed by atoms with Crippen LogP contribution in [0, 0.1) is 12.8 Å². The van der Waals surface area contributed by atoms with E-state index in [1.54, 1.807) is 23.1 Å². The van der Waals surface area contributed by atoms with Crippen LogP contribution in [0.15, 0.2) is 32.9 Å². The van der Waals surface area contributed by atoms with Crippen LogP contribution in [-0.4, -0.2) is 32.0 Å². The van der Waals surface area contributed by atoms with E-state index in [1.807, 2.05) is 38.1 Å². The Hall–Kier alpha value is -1.31. The van der Waals surface area contributed by atoms with E-state index in [4.69, 9.17) is 0 Å². The lowest BCUT2D eigenvalue weighted by Gasteiger charge is -2.08. The molecule has 1 N–H and O–H groups in total. The fraction of sp³-hybridized carbons (Fsp3) is 0.389. The van der Waals surface area contributed by atoms with E-state index < -0.39 is 0 Å². The first-order chi connectivity index (χ1) is 12.0. The number of nitrogens with zero attached hydrogens (tertiary/aromatic N) is 2. The molecule has 0 aliphatic rings. The molecule has 0 aliphatic heterocycles. The molecule has 7 heteroatoms. The number of ketones is 1. The van der Waals surface area contributed by atoms with Gasteiger partial charge in [0.05, 0.1) is 5.25 Å². The molecule has 0 unspecified atom stereocenters. The summed E-state index contributed by atoms with van der Waals surface area (Å²) in [7, 11) is 0. The first-order valence-corrected chi connectivity index (χ1v) is 10.9. The monoisotopic (exact) mass is 391 g/mol. The Morgan fingerprint density at radius 2 is 1.92 bits per heavy atom. The Morgan fingerprint density at radius 3 is 2.68 bits per heavy atom. The molecule has 0 bridgehead atoms. The van der Waals surface area contributed by atoms with Gasteiger partial charge in [0, 0.05) is 27.9 Å². The average molecular weight is 392 g/mol. The van der Waals surface area contributed by atoms with E-state index in [0.717, 1.165) is 36.6 Å². The molecule has 25 heavy (non-hydrogen) atoms. The number of hydrogen-bond acceptors (Lipinski definition) is 6. The number of H-pyrrole nitrogens is 1. The number of rotatable bonds is 7. The van der Waals surface area contributed by atoms with Crippen LogP contribution in [0.25, 0.3) is 10.9 Å². The second kappa shape index (κ2) is 7.93. The van der Waals surface area contributed by atoms with E-state index in [9.17, 15) is 4.79 Å². The fourth-order valence-corrected chi connectivity index (χ4v) is 5.74. The molecule has 0 saturated carbocycles. The highest BCUT2D eigenvalue weighted by atomic mass is 32.2. The van der Waals surface area contributed by atoms with Gasteiger partial charge < -0.3 is 4.98 Å². The number of carbonyl (C=O) groups excluding carboxylic acids is 1. The predicted molar refractivity (Wildman–Crippen MR) is 108 cm³/mol. The lowest BCUT2D eigenvalue weighted by Crippen LogP contribution is -2.14. The molecule has 1 aromatic carbocycles. The van der Waals surface area contributed by atoms with Crippen molar-refractivity contribution in [1.29, 1.82) is 0 Å². The van der Waals surface area contributed by atoms with Gasteiger partial charge in [-0.2, -0.15) is 0 Å². The van der Waals surface area contributed by atoms with Crippen LogP contribution in [0.5, 0.6) is 0 Å². The van der Waals surface area contributed by atoms with Gasteiger partial charge in [0.1, 0.15) is 0 Å². The van der Waals surface area contributed by atoms with Gasteiger partial charge in [0.2, 0.25) is 0 Å². The molecule has 0 radical (unpaired) electrons. The van der Waals surface area contributed by atoms with Gasteiger partial charge in [-0.25, -0.2) is 0 Å². The van der Waals surface area contributed by atoms with Gasteiger partial charge in [-0.05, 0) is 25.8 Å². The molecule has 4 nitrogen and oxygen atoms in total. The quantitative estimate of drug-likeness (QED) is 0.429. The molecular weight excluding hydrogens is 370 g/mol. The Balaban J connectivity index is 1.73. The second-order valence-corrected chi connectivity index (χ2v) is 10.2. The molecule has 1 atom stereocenters. The van der Waals surface area contributed by atoms with Crippen molar-refractivity contribution in [2.75, 3.05) is 5.75 Å². The van der Waals surface area contributed by atoms with E-state index in [2.05, 4.69) is 29.0 Å². The van der Waals surface area contributed by atoms with Crippen LogP contribution in [0.1, 0.15) is 36.8 Å². The summed E-state index contributed by atoms with van der Waals surface area (Å²) in [5.41, 5.74) is 2.71. The lowest BCUT2D eigenvalue weighted by molar-refractivity contribution is 0.0995. The number of benzene rings is 1. The van der Waals surface area contributed by atoms with Crippen LogP contribution < -0.4 is 0 Å². The number of aromatic nitrogens is 3. The van der Waals surface area contributed by atoms with Gasteiger partial charge in [0.15, 0.2) is 14.5 Å². The molecule has 0 amide bonds. The predicted octanol–water partition coefficient (Wildman–Crippen LogP) is 5.44. The third kappa shape index (κ3) is 4.27. The number of Topliss-reactive ketones (excluding diaryl/α,β-unsaturated/α-hetero) is 1. The van der Waals surface area contributed by atoms with Gasteiger partial charge in [-0.15, -0.1) is 10.2 Å². The van der Waals surface area contributed by atoms with Crippen molar-refractivity contribution in [2.45, 2.75) is 41.6 Å². The minimum absolute atomic E-state index is 0.131. The third-order valence-corrected chi connectivity index (χ3v) is 7.38. The molecular formula is C18H21N3OS3. The van der Waals surface area contributed by atoms with Crippen LogP contribution in [0.4, 0.5) is 0 Å². The third-order valence-electron chi connectivity index (χ3n) is 3.71. The van der Waals surface area contributed by atoms with Gasteiger partial charge in [0.25, 0.3) is 0 Å². The van der Waals surface area contributed by atoms with E-state index >= 15 is 0 Å². The molecule has 0 aliphatic carbocycles. The highest BCUT2D eigenvalue weighted by Crippen LogP contribution is 2.34. The zero-order valence-corrected chi connectivity index (χ0v) is 17.1. The molecule has 2 heterocycles. The Morgan fingerprint density at radius 1 is 1.20 bits per heavy atom. The smallest absolute Gasteiger partial charge is 0.178 e. The summed E-state index contributed by atoms with van der Waals surface area (Å²) in [6, 6.07) is 7.93. The van der Waals surface area contributed by atoms with Crippen molar-refractivity contribution in [3.05, 3.63) is 35.5 Å². The van der Waals surface area contributed by atoms with Gasteiger partial charge in [-0.1, -0.05) is 66.9 Å². The van der Waals surface area contributed by atoms with Crippen LogP contribution in [0.2, 0.25) is 0 Å². The SMILES string of the molecule is Cc1[nH]c2ccccc2c1C(=O)[C@@H](C)Sc1nnc(SCC(C)C)s1. The molecule has 0 spiro atoms. The van der Waals surface area contributed by atoms with Crippen molar-refractivity contribution in [3.8, 4) is 0 Å². The van der Waals surface area contributed by atoms with Gasteiger partial charge in [-0.3, -0.25) is 4.79 Å². The maximum Gasteiger partial charge on any atom is 0.178 e. The van der Waals surface area contributed by atoms with Gasteiger partial charge >= 0.3 is 0 Å². The number of carbonyl (C=O) groups is 1. The Kier molecular flexibility index (Phi) is 5.86. The summed E-state index contributed by atoms with van der Waals surface area (Å²) >= 11 is 4.79. The molecule has 0 saturated heterocycles. The summed E-state index contributed by atoms with van der Waals surface area (Å²) in [4.78, 5) is 16.3. The topological polar surface area (TPSA) is 58.6 Å². The van der Waals surface area contributed by atoms with Crippen LogP contribution in [0.3, 0.4) is 0 Å². The Bertz CT molecular complexity index is 885. The van der Waals surface area contributed by atoms with Crippen molar-refractivity contribution in [2.24, 2.45) is 5.92 Å². The molecule has 3 rings (SSSR count). The number of para-hydroxylation sites is 1. The number of nitrogens with one attached hydrogen (secondary N) is 1. The number of aryl methyl sites for hydroxylation is 1. The Labute approximate surface area is 160 Å². The number of aromatic amines is 1. The molecule has 0 fully saturated rings. The van der Waals surface area contributed by atoms with E-state index in [-0.39, 0.29) is 11.0 Å². The van der Waals surface area contributed by atoms with Crippen molar-refractivity contribution in [1.82, 2.24) is 15.2 Å². The fourth-order valence-electron chi connectivity index (χ4n) is 2.54. The highest BCUT2D eigenvalue weighted by Gasteiger charge is 2.23. The van der Waals surface area contributed by atoms with Crippen LogP contribution in [-0.2, 0) is 0 Å². The van der Waals surface area contributed by atoms with Crippen LogP contribution >= 0.6 is 34.9 Å². The summed E-state index contributed by atoms with van der Waals surface area (Å²) in [5, 5.41) is 9.25. The second-order valence-electron chi connectivity index (χ2n) is 6.33. The van der Waals surface area contributed by atoms with Crippen molar-refractivity contribution in [3.63, 3.8) is 0 Å². The highest BCUT2D eigenvalue weighted by molar-refractivity contribution is 8.04. The molecule has 3 aromatic rings. The molecule has 2 aromatic heterocycles. The maximum absolute atomic E-state index is 13.0. The molecule has 132 valence electrons. The van der Waals surface area contributed by atoms with Crippen molar-refractivity contribution >= 4 is 51.5 Å². The summed E-state index contributed by atoms with van der Waals surface area (Å²) in [6.07, 6.45) is 0. The first kappa shape index (κ1) is 18.5. The number of fused-ring (bicyclic) bond motifs is 1. The van der Waals surface area contributed by atoms with E-state index in [1.165, 1.54) is 11.8 Å². The zero-order chi connectivity index (χ0) is 18.0. The lowest BCUT2D eigenvalue weighted by atomic mass is 10.1.